The zero-order valence-electron chi connectivity index (χ0n) is 16.0. The Labute approximate surface area is 178 Å². The number of hydrazone groups is 1. The van der Waals surface area contributed by atoms with Crippen molar-refractivity contribution < 1.29 is 13.9 Å². The molecule has 1 N–H and O–H groups in total. The van der Waals surface area contributed by atoms with Gasteiger partial charge in [-0.05, 0) is 74.1 Å². The maximum atomic E-state index is 12.4. The second-order valence-electron chi connectivity index (χ2n) is 6.96. The number of nitrogens with zero attached hydrogens (tertiary/aromatic N) is 1. The molecule has 0 bridgehead atoms. The number of halogens is 1. The zero-order chi connectivity index (χ0) is 20.2. The van der Waals surface area contributed by atoms with Crippen molar-refractivity contribution in [1.29, 1.82) is 0 Å². The van der Waals surface area contributed by atoms with Crippen LogP contribution in [0, 0.1) is 6.92 Å². The van der Waals surface area contributed by atoms with Crippen LogP contribution in [0.2, 0.25) is 5.02 Å². The van der Waals surface area contributed by atoms with Crippen LogP contribution in [-0.2, 0) is 19.4 Å². The van der Waals surface area contributed by atoms with E-state index in [4.69, 9.17) is 20.8 Å². The van der Waals surface area contributed by atoms with Crippen molar-refractivity contribution in [3.63, 3.8) is 0 Å². The zero-order valence-corrected chi connectivity index (χ0v) is 17.6. The maximum absolute atomic E-state index is 12.4. The van der Waals surface area contributed by atoms with Crippen LogP contribution in [0.25, 0.3) is 0 Å². The highest BCUT2D eigenvalue weighted by molar-refractivity contribution is 7.10. The summed E-state index contributed by atoms with van der Waals surface area (Å²) in [5, 5.41) is 6.67. The summed E-state index contributed by atoms with van der Waals surface area (Å²) in [6.45, 7) is 2.22. The first kappa shape index (κ1) is 19.7. The van der Waals surface area contributed by atoms with Gasteiger partial charge in [0.15, 0.2) is 0 Å². The van der Waals surface area contributed by atoms with E-state index in [-0.39, 0.29) is 5.91 Å². The second-order valence-corrected chi connectivity index (χ2v) is 8.33. The van der Waals surface area contributed by atoms with Gasteiger partial charge in [0, 0.05) is 15.3 Å². The van der Waals surface area contributed by atoms with Gasteiger partial charge in [-0.3, -0.25) is 4.79 Å². The first-order valence-corrected chi connectivity index (χ1v) is 10.8. The number of hydrogen-bond donors (Lipinski definition) is 1. The molecule has 1 amide bonds. The molecule has 2 aromatic heterocycles. The predicted molar refractivity (Wildman–Crippen MR) is 115 cm³/mol. The summed E-state index contributed by atoms with van der Waals surface area (Å²) in [4.78, 5) is 13.7. The van der Waals surface area contributed by atoms with Crippen molar-refractivity contribution in [2.75, 3.05) is 0 Å². The topological polar surface area (TPSA) is 63.8 Å². The molecule has 0 spiro atoms. The summed E-state index contributed by atoms with van der Waals surface area (Å²) >= 11 is 7.69. The third-order valence-corrected chi connectivity index (χ3v) is 6.37. The lowest BCUT2D eigenvalue weighted by Crippen LogP contribution is -2.19. The largest absolute Gasteiger partial charge is 0.486 e. The molecule has 0 saturated carbocycles. The molecule has 5 nitrogen and oxygen atoms in total. The molecule has 29 heavy (non-hydrogen) atoms. The van der Waals surface area contributed by atoms with Crippen LogP contribution in [-0.4, -0.2) is 12.1 Å². The monoisotopic (exact) mass is 428 g/mol. The van der Waals surface area contributed by atoms with E-state index in [0.29, 0.717) is 23.2 Å². The Kier molecular flexibility index (Phi) is 6.02. The molecular formula is C22H21ClN2O3S. The van der Waals surface area contributed by atoms with Crippen LogP contribution in [0.5, 0.6) is 5.75 Å². The van der Waals surface area contributed by atoms with Gasteiger partial charge in [0.2, 0.25) is 0 Å². The first-order chi connectivity index (χ1) is 14.1. The van der Waals surface area contributed by atoms with E-state index in [1.165, 1.54) is 23.1 Å². The summed E-state index contributed by atoms with van der Waals surface area (Å²) in [5.74, 6) is 1.76. The summed E-state index contributed by atoms with van der Waals surface area (Å²) in [7, 11) is 0. The molecule has 0 aliphatic heterocycles. The van der Waals surface area contributed by atoms with Gasteiger partial charge >= 0.3 is 0 Å². The molecule has 150 valence electrons. The van der Waals surface area contributed by atoms with Gasteiger partial charge in [-0.15, -0.1) is 11.3 Å². The number of ether oxygens (including phenoxy) is 1. The van der Waals surface area contributed by atoms with Crippen molar-refractivity contribution in [3.05, 3.63) is 73.8 Å². The lowest BCUT2D eigenvalue weighted by Gasteiger charge is -2.11. The number of nitrogens with one attached hydrogen (secondary N) is 1. The van der Waals surface area contributed by atoms with Gasteiger partial charge < -0.3 is 9.15 Å². The van der Waals surface area contributed by atoms with Crippen molar-refractivity contribution in [2.24, 2.45) is 5.10 Å². The SMILES string of the molecule is Cc1cc(OCc2ccc(C=NNC(=O)c3csc4c3CCCC4)o2)ccc1Cl. The Morgan fingerprint density at radius 1 is 1.31 bits per heavy atom. The van der Waals surface area contributed by atoms with Crippen molar-refractivity contribution in [3.8, 4) is 5.75 Å². The highest BCUT2D eigenvalue weighted by atomic mass is 35.5. The number of benzene rings is 1. The van der Waals surface area contributed by atoms with E-state index in [0.717, 1.165) is 36.1 Å². The fraction of sp³-hybridized carbons (Fsp3) is 0.273. The number of furan rings is 1. The minimum atomic E-state index is -0.172. The van der Waals surface area contributed by atoms with E-state index in [2.05, 4.69) is 10.5 Å². The summed E-state index contributed by atoms with van der Waals surface area (Å²) < 4.78 is 11.4. The summed E-state index contributed by atoms with van der Waals surface area (Å²) in [6.07, 6.45) is 5.88. The Bertz CT molecular complexity index is 1050. The Morgan fingerprint density at radius 2 is 2.17 bits per heavy atom. The number of rotatable bonds is 6. The Hall–Kier alpha value is -2.57. The fourth-order valence-electron chi connectivity index (χ4n) is 3.30. The fourth-order valence-corrected chi connectivity index (χ4v) is 4.55. The van der Waals surface area contributed by atoms with E-state index >= 15 is 0 Å². The second kappa shape index (κ2) is 8.84. The highest BCUT2D eigenvalue weighted by Crippen LogP contribution is 2.30. The molecule has 0 radical (unpaired) electrons. The van der Waals surface area contributed by atoms with E-state index in [1.807, 2.05) is 30.5 Å². The lowest BCUT2D eigenvalue weighted by molar-refractivity contribution is 0.0954. The van der Waals surface area contributed by atoms with Crippen LogP contribution >= 0.6 is 22.9 Å². The van der Waals surface area contributed by atoms with Crippen molar-refractivity contribution in [1.82, 2.24) is 5.43 Å². The maximum Gasteiger partial charge on any atom is 0.272 e. The quantitative estimate of drug-likeness (QED) is 0.415. The van der Waals surface area contributed by atoms with Gasteiger partial charge in [-0.25, -0.2) is 5.43 Å². The Balaban J connectivity index is 1.31. The van der Waals surface area contributed by atoms with Crippen LogP contribution in [0.4, 0.5) is 0 Å². The van der Waals surface area contributed by atoms with E-state index in [1.54, 1.807) is 23.5 Å². The third-order valence-electron chi connectivity index (χ3n) is 4.86. The van der Waals surface area contributed by atoms with Crippen LogP contribution < -0.4 is 10.2 Å². The van der Waals surface area contributed by atoms with Crippen LogP contribution in [0.1, 0.15) is 50.7 Å². The molecule has 3 aromatic rings. The van der Waals surface area contributed by atoms with Gasteiger partial charge in [0.25, 0.3) is 5.91 Å². The predicted octanol–water partition coefficient (Wildman–Crippen LogP) is 5.52. The number of aryl methyl sites for hydroxylation is 2. The number of fused-ring (bicyclic) bond motifs is 1. The minimum absolute atomic E-state index is 0.172. The molecule has 0 atom stereocenters. The molecule has 2 heterocycles. The normalized spacial score (nSPS) is 13.4. The summed E-state index contributed by atoms with van der Waals surface area (Å²) in [5.41, 5.74) is 5.48. The number of hydrogen-bond acceptors (Lipinski definition) is 5. The highest BCUT2D eigenvalue weighted by Gasteiger charge is 2.19. The minimum Gasteiger partial charge on any atom is -0.486 e. The molecular weight excluding hydrogens is 408 g/mol. The molecule has 1 aliphatic rings. The van der Waals surface area contributed by atoms with Gasteiger partial charge in [-0.2, -0.15) is 5.10 Å². The van der Waals surface area contributed by atoms with Gasteiger partial charge in [0.1, 0.15) is 23.9 Å². The number of carbonyl (C=O) groups is 1. The molecule has 0 fully saturated rings. The first-order valence-electron chi connectivity index (χ1n) is 9.50. The Morgan fingerprint density at radius 3 is 3.03 bits per heavy atom. The van der Waals surface area contributed by atoms with Gasteiger partial charge in [-0.1, -0.05) is 11.6 Å². The smallest absolute Gasteiger partial charge is 0.272 e. The number of amides is 1. The summed E-state index contributed by atoms with van der Waals surface area (Å²) in [6, 6.07) is 9.11. The standard InChI is InChI=1S/C22H21ClN2O3S/c1-14-10-15(8-9-20(14)23)27-12-17-7-6-16(28-17)11-24-25-22(26)19-13-29-21-5-3-2-4-18(19)21/h6-11,13H,2-5,12H2,1H3,(H,25,26). The van der Waals surface area contributed by atoms with Crippen molar-refractivity contribution in [2.45, 2.75) is 39.2 Å². The van der Waals surface area contributed by atoms with Gasteiger partial charge in [0.05, 0.1) is 11.8 Å². The molecule has 1 aliphatic carbocycles. The van der Waals surface area contributed by atoms with E-state index < -0.39 is 0 Å². The third kappa shape index (κ3) is 4.71. The molecule has 1 aromatic carbocycles. The average molecular weight is 429 g/mol. The van der Waals surface area contributed by atoms with Crippen LogP contribution in [0.15, 0.2) is 45.2 Å². The number of carbonyl (C=O) groups excluding carboxylic acids is 1. The molecule has 0 saturated heterocycles. The number of thiophene rings is 1. The molecule has 7 heteroatoms. The molecule has 4 rings (SSSR count). The average Bonchev–Trinajstić information content (AvgIpc) is 3.36. The van der Waals surface area contributed by atoms with E-state index in [9.17, 15) is 4.79 Å². The van der Waals surface area contributed by atoms with Crippen molar-refractivity contribution >= 4 is 35.1 Å². The van der Waals surface area contributed by atoms with Crippen LogP contribution in [0.3, 0.4) is 0 Å². The lowest BCUT2D eigenvalue weighted by atomic mass is 9.96. The molecule has 0 unspecified atom stereocenters.